The Bertz CT molecular complexity index is 668. The number of carbonyl (C=O) groups is 1. The van der Waals surface area contributed by atoms with Crippen molar-refractivity contribution in [3.8, 4) is 5.75 Å². The van der Waals surface area contributed by atoms with Crippen LogP contribution in [0.1, 0.15) is 10.4 Å². The van der Waals surface area contributed by atoms with E-state index in [1.54, 1.807) is 18.2 Å². The standard InChI is InChI=1S/C12H10BrN3O4/c1-20-11-3-2-8(4-9(11)13)10(17)5-15-6-12(14-7-15)16(18)19/h2-4,6-7H,5H2,1H3. The number of hydrogen-bond acceptors (Lipinski definition) is 5. The number of rotatable bonds is 5. The van der Waals surface area contributed by atoms with E-state index in [0.717, 1.165) is 0 Å². The molecule has 8 heteroatoms. The number of Topliss-reactive ketones (excluding diaryl/α,β-unsaturated/α-hetero) is 1. The Labute approximate surface area is 122 Å². The second kappa shape index (κ2) is 5.83. The summed E-state index contributed by atoms with van der Waals surface area (Å²) in [7, 11) is 1.53. The number of imidazole rings is 1. The van der Waals surface area contributed by atoms with E-state index in [0.29, 0.717) is 15.8 Å². The molecular weight excluding hydrogens is 330 g/mol. The molecule has 104 valence electrons. The van der Waals surface area contributed by atoms with Crippen LogP contribution in [-0.4, -0.2) is 27.4 Å². The molecular formula is C12H10BrN3O4. The first kappa shape index (κ1) is 14.2. The number of methoxy groups -OCH3 is 1. The Kier molecular flexibility index (Phi) is 4.14. The monoisotopic (exact) mass is 339 g/mol. The highest BCUT2D eigenvalue weighted by Crippen LogP contribution is 2.25. The molecule has 0 atom stereocenters. The second-order valence-corrected chi connectivity index (χ2v) is 4.79. The zero-order valence-corrected chi connectivity index (χ0v) is 12.0. The van der Waals surface area contributed by atoms with Gasteiger partial charge >= 0.3 is 5.82 Å². The van der Waals surface area contributed by atoms with E-state index in [1.165, 1.54) is 24.2 Å². The van der Waals surface area contributed by atoms with E-state index in [9.17, 15) is 14.9 Å². The van der Waals surface area contributed by atoms with Crippen molar-refractivity contribution >= 4 is 27.5 Å². The summed E-state index contributed by atoms with van der Waals surface area (Å²) in [6, 6.07) is 4.96. The first-order valence-corrected chi connectivity index (χ1v) is 6.33. The third-order valence-corrected chi connectivity index (χ3v) is 3.23. The molecule has 0 N–H and O–H groups in total. The molecule has 0 saturated carbocycles. The molecule has 0 aliphatic heterocycles. The van der Waals surface area contributed by atoms with Gasteiger partial charge in [-0.25, -0.2) is 0 Å². The molecule has 0 radical (unpaired) electrons. The number of halogens is 1. The zero-order valence-electron chi connectivity index (χ0n) is 10.4. The smallest absolute Gasteiger partial charge is 0.381 e. The summed E-state index contributed by atoms with van der Waals surface area (Å²) in [5, 5.41) is 10.5. The average Bonchev–Trinajstić information content (AvgIpc) is 2.87. The number of hydrogen-bond donors (Lipinski definition) is 0. The Morgan fingerprint density at radius 3 is 2.85 bits per heavy atom. The number of ether oxygens (including phenoxy) is 1. The summed E-state index contributed by atoms with van der Waals surface area (Å²) in [5.74, 6) is 0.161. The zero-order chi connectivity index (χ0) is 14.7. The van der Waals surface area contributed by atoms with Crippen LogP contribution in [0.25, 0.3) is 0 Å². The minimum atomic E-state index is -0.606. The van der Waals surface area contributed by atoms with Crippen LogP contribution in [0, 0.1) is 10.1 Å². The molecule has 0 unspecified atom stereocenters. The van der Waals surface area contributed by atoms with E-state index >= 15 is 0 Å². The van der Waals surface area contributed by atoms with Crippen LogP contribution in [0.3, 0.4) is 0 Å². The fourth-order valence-electron chi connectivity index (χ4n) is 1.63. The summed E-state index contributed by atoms with van der Waals surface area (Å²) in [5.41, 5.74) is 0.481. The summed E-state index contributed by atoms with van der Waals surface area (Å²) in [6.07, 6.45) is 2.48. The molecule has 1 aromatic heterocycles. The fourth-order valence-corrected chi connectivity index (χ4v) is 2.17. The number of nitrogens with zero attached hydrogens (tertiary/aromatic N) is 3. The molecule has 0 aliphatic rings. The first-order valence-electron chi connectivity index (χ1n) is 5.54. The van der Waals surface area contributed by atoms with Crippen molar-refractivity contribution in [2.24, 2.45) is 0 Å². The van der Waals surface area contributed by atoms with Crippen LogP contribution < -0.4 is 4.74 Å². The van der Waals surface area contributed by atoms with E-state index in [-0.39, 0.29) is 18.1 Å². The third-order valence-electron chi connectivity index (χ3n) is 2.61. The van der Waals surface area contributed by atoms with E-state index in [1.807, 2.05) is 0 Å². The molecule has 20 heavy (non-hydrogen) atoms. The van der Waals surface area contributed by atoms with E-state index < -0.39 is 4.92 Å². The molecule has 7 nitrogen and oxygen atoms in total. The molecule has 0 spiro atoms. The van der Waals surface area contributed by atoms with Gasteiger partial charge in [0.05, 0.1) is 18.1 Å². The SMILES string of the molecule is COc1ccc(C(=O)Cn2cnc([N+](=O)[O-])c2)cc1Br. The molecule has 0 saturated heterocycles. The number of aromatic nitrogens is 2. The van der Waals surface area contributed by atoms with Gasteiger partial charge in [0.2, 0.25) is 6.33 Å². The van der Waals surface area contributed by atoms with E-state index in [4.69, 9.17) is 4.74 Å². The first-order chi connectivity index (χ1) is 9.51. The molecule has 0 amide bonds. The third kappa shape index (κ3) is 3.02. The van der Waals surface area contributed by atoms with Gasteiger partial charge in [-0.1, -0.05) is 0 Å². The maximum atomic E-state index is 12.1. The lowest BCUT2D eigenvalue weighted by Crippen LogP contribution is -2.09. The highest BCUT2D eigenvalue weighted by molar-refractivity contribution is 9.10. The Morgan fingerprint density at radius 2 is 2.30 bits per heavy atom. The normalized spacial score (nSPS) is 10.3. The molecule has 0 bridgehead atoms. The van der Waals surface area contributed by atoms with Crippen LogP contribution in [0.5, 0.6) is 5.75 Å². The Morgan fingerprint density at radius 1 is 1.55 bits per heavy atom. The molecule has 2 aromatic rings. The topological polar surface area (TPSA) is 87.3 Å². The van der Waals surface area contributed by atoms with Crippen LogP contribution in [0.15, 0.2) is 35.2 Å². The molecule has 1 heterocycles. The van der Waals surface area contributed by atoms with Gasteiger partial charge in [0.25, 0.3) is 0 Å². The van der Waals surface area contributed by atoms with Gasteiger partial charge in [0, 0.05) is 5.56 Å². The average molecular weight is 340 g/mol. The van der Waals surface area contributed by atoms with Gasteiger partial charge in [0.1, 0.15) is 11.9 Å². The minimum Gasteiger partial charge on any atom is -0.496 e. The lowest BCUT2D eigenvalue weighted by atomic mass is 10.1. The highest BCUT2D eigenvalue weighted by Gasteiger charge is 2.14. The lowest BCUT2D eigenvalue weighted by Gasteiger charge is -2.05. The quantitative estimate of drug-likeness (QED) is 0.474. The van der Waals surface area contributed by atoms with Crippen molar-refractivity contribution in [3.05, 3.63) is 50.9 Å². The van der Waals surface area contributed by atoms with Crippen LogP contribution in [0.4, 0.5) is 5.82 Å². The van der Waals surface area contributed by atoms with Crippen molar-refractivity contribution in [1.29, 1.82) is 0 Å². The van der Waals surface area contributed by atoms with Crippen molar-refractivity contribution in [1.82, 2.24) is 9.55 Å². The summed E-state index contributed by atoms with van der Waals surface area (Å²) in [4.78, 5) is 25.6. The summed E-state index contributed by atoms with van der Waals surface area (Å²) in [6.45, 7) is -0.0143. The Balaban J connectivity index is 2.15. The maximum Gasteiger partial charge on any atom is 0.381 e. The molecule has 1 aromatic carbocycles. The van der Waals surface area contributed by atoms with Crippen molar-refractivity contribution < 1.29 is 14.5 Å². The maximum absolute atomic E-state index is 12.1. The molecule has 0 aliphatic carbocycles. The molecule has 2 rings (SSSR count). The van der Waals surface area contributed by atoms with Crippen LogP contribution in [-0.2, 0) is 6.54 Å². The predicted octanol–water partition coefficient (Wildman–Crippen LogP) is 2.45. The highest BCUT2D eigenvalue weighted by atomic mass is 79.9. The van der Waals surface area contributed by atoms with Gasteiger partial charge in [-0.15, -0.1) is 0 Å². The largest absolute Gasteiger partial charge is 0.496 e. The van der Waals surface area contributed by atoms with Crippen molar-refractivity contribution in [2.45, 2.75) is 6.54 Å². The van der Waals surface area contributed by atoms with Crippen LogP contribution >= 0.6 is 15.9 Å². The molecule has 0 fully saturated rings. The Hall–Kier alpha value is -2.22. The lowest BCUT2D eigenvalue weighted by molar-refractivity contribution is -0.389. The minimum absolute atomic E-state index is 0.0143. The summed E-state index contributed by atoms with van der Waals surface area (Å²) < 4.78 is 7.12. The van der Waals surface area contributed by atoms with Gasteiger partial charge in [-0.2, -0.15) is 0 Å². The second-order valence-electron chi connectivity index (χ2n) is 3.93. The van der Waals surface area contributed by atoms with Gasteiger partial charge in [-0.05, 0) is 44.0 Å². The summed E-state index contributed by atoms with van der Waals surface area (Å²) >= 11 is 3.30. The van der Waals surface area contributed by atoms with Crippen molar-refractivity contribution in [3.63, 3.8) is 0 Å². The number of carbonyl (C=O) groups excluding carboxylic acids is 1. The van der Waals surface area contributed by atoms with Crippen LogP contribution in [0.2, 0.25) is 0 Å². The number of benzene rings is 1. The fraction of sp³-hybridized carbons (Fsp3) is 0.167. The number of nitro groups is 1. The van der Waals surface area contributed by atoms with Gasteiger partial charge in [0.15, 0.2) is 5.78 Å². The van der Waals surface area contributed by atoms with Crippen molar-refractivity contribution in [2.75, 3.05) is 7.11 Å². The number of ketones is 1. The van der Waals surface area contributed by atoms with E-state index in [2.05, 4.69) is 20.9 Å². The van der Waals surface area contributed by atoms with Gasteiger partial charge < -0.3 is 19.4 Å². The predicted molar refractivity (Wildman–Crippen MR) is 73.9 cm³/mol. The van der Waals surface area contributed by atoms with Gasteiger partial charge in [-0.3, -0.25) is 4.79 Å².